The molecular weight excluding hydrogens is 443 g/mol. The van der Waals surface area contributed by atoms with Gasteiger partial charge < -0.3 is 14.4 Å². The second-order valence-electron chi connectivity index (χ2n) is 7.54. The molecule has 5 nitrogen and oxygen atoms in total. The molecule has 26 heavy (non-hydrogen) atoms. The van der Waals surface area contributed by atoms with E-state index < -0.39 is 0 Å². The van der Waals surface area contributed by atoms with Crippen LogP contribution in [0, 0.1) is 9.49 Å². The van der Waals surface area contributed by atoms with E-state index >= 15 is 0 Å². The van der Waals surface area contributed by atoms with Crippen molar-refractivity contribution >= 4 is 28.5 Å². The maximum atomic E-state index is 12.4. The zero-order valence-electron chi connectivity index (χ0n) is 15.7. The number of rotatable bonds is 5. The van der Waals surface area contributed by atoms with Gasteiger partial charge in [0.25, 0.3) is 5.91 Å². The number of ether oxygens (including phenoxy) is 2. The molecule has 2 heterocycles. The Bertz CT molecular complexity index is 577. The zero-order chi connectivity index (χ0) is 18.5. The average Bonchev–Trinajstić information content (AvgIpc) is 2.61. The molecule has 0 aliphatic carbocycles. The molecule has 2 saturated heterocycles. The highest BCUT2D eigenvalue weighted by Crippen LogP contribution is 2.21. The van der Waals surface area contributed by atoms with E-state index in [-0.39, 0.29) is 12.5 Å². The lowest BCUT2D eigenvalue weighted by atomic mass is 9.95. The first-order chi connectivity index (χ1) is 12.5. The number of piperidine rings is 1. The van der Waals surface area contributed by atoms with Crippen LogP contribution in [-0.4, -0.2) is 67.2 Å². The quantitative estimate of drug-likeness (QED) is 0.619. The molecule has 0 radical (unpaired) electrons. The normalized spacial score (nSPS) is 25.3. The monoisotopic (exact) mass is 472 g/mol. The number of hydrogen-bond donors (Lipinski definition) is 0. The maximum Gasteiger partial charge on any atom is 0.260 e. The van der Waals surface area contributed by atoms with Crippen LogP contribution < -0.4 is 4.74 Å². The van der Waals surface area contributed by atoms with Crippen molar-refractivity contribution in [2.24, 2.45) is 5.92 Å². The van der Waals surface area contributed by atoms with Crippen molar-refractivity contribution in [1.29, 1.82) is 0 Å². The average molecular weight is 472 g/mol. The molecule has 2 aliphatic heterocycles. The van der Waals surface area contributed by atoms with Crippen LogP contribution in [0.3, 0.4) is 0 Å². The van der Waals surface area contributed by atoms with E-state index in [2.05, 4.69) is 41.3 Å². The Labute approximate surface area is 170 Å². The Hall–Kier alpha value is -0.860. The third kappa shape index (κ3) is 5.82. The van der Waals surface area contributed by atoms with Crippen molar-refractivity contribution in [2.45, 2.75) is 38.9 Å². The van der Waals surface area contributed by atoms with Gasteiger partial charge in [0, 0.05) is 36.3 Å². The Morgan fingerprint density at radius 3 is 2.38 bits per heavy atom. The van der Waals surface area contributed by atoms with E-state index in [9.17, 15) is 4.79 Å². The Balaban J connectivity index is 1.38. The lowest BCUT2D eigenvalue weighted by molar-refractivity contribution is -0.135. The summed E-state index contributed by atoms with van der Waals surface area (Å²) in [6, 6.07) is 7.79. The highest BCUT2D eigenvalue weighted by atomic mass is 127. The van der Waals surface area contributed by atoms with Crippen LogP contribution in [0.25, 0.3) is 0 Å². The summed E-state index contributed by atoms with van der Waals surface area (Å²) in [4.78, 5) is 16.9. The maximum absolute atomic E-state index is 12.4. The third-order valence-corrected chi connectivity index (χ3v) is 5.87. The van der Waals surface area contributed by atoms with Gasteiger partial charge in [-0.25, -0.2) is 0 Å². The van der Waals surface area contributed by atoms with Crippen LogP contribution >= 0.6 is 22.6 Å². The summed E-state index contributed by atoms with van der Waals surface area (Å²) in [7, 11) is 0. The van der Waals surface area contributed by atoms with Gasteiger partial charge in [-0.2, -0.15) is 0 Å². The van der Waals surface area contributed by atoms with E-state index in [1.807, 2.05) is 29.2 Å². The van der Waals surface area contributed by atoms with Gasteiger partial charge in [-0.3, -0.25) is 9.69 Å². The van der Waals surface area contributed by atoms with E-state index in [0.717, 1.165) is 54.9 Å². The predicted octanol–water partition coefficient (Wildman–Crippen LogP) is 3.02. The first-order valence-electron chi connectivity index (χ1n) is 9.53. The Morgan fingerprint density at radius 1 is 1.15 bits per heavy atom. The van der Waals surface area contributed by atoms with Crippen molar-refractivity contribution in [2.75, 3.05) is 39.3 Å². The number of benzene rings is 1. The van der Waals surface area contributed by atoms with Crippen molar-refractivity contribution in [3.63, 3.8) is 0 Å². The molecule has 1 aromatic carbocycles. The summed E-state index contributed by atoms with van der Waals surface area (Å²) in [6.07, 6.45) is 2.79. The van der Waals surface area contributed by atoms with Crippen LogP contribution in [0.5, 0.6) is 5.75 Å². The lowest BCUT2D eigenvalue weighted by Gasteiger charge is -2.39. The van der Waals surface area contributed by atoms with E-state index in [1.54, 1.807) is 0 Å². The smallest absolute Gasteiger partial charge is 0.260 e. The number of hydrogen-bond acceptors (Lipinski definition) is 4. The van der Waals surface area contributed by atoms with Gasteiger partial charge in [0.1, 0.15) is 5.75 Å². The molecule has 0 spiro atoms. The molecule has 2 unspecified atom stereocenters. The molecule has 0 bridgehead atoms. The van der Waals surface area contributed by atoms with E-state index in [0.29, 0.717) is 18.1 Å². The summed E-state index contributed by atoms with van der Waals surface area (Å²) in [5.74, 6) is 1.52. The fourth-order valence-corrected chi connectivity index (χ4v) is 4.29. The van der Waals surface area contributed by atoms with E-state index in [4.69, 9.17) is 9.47 Å². The van der Waals surface area contributed by atoms with Gasteiger partial charge in [-0.15, -0.1) is 0 Å². The molecule has 6 heteroatoms. The van der Waals surface area contributed by atoms with Crippen LogP contribution in [-0.2, 0) is 9.53 Å². The van der Waals surface area contributed by atoms with Crippen LogP contribution in [0.2, 0.25) is 0 Å². The number of carbonyl (C=O) groups excluding carboxylic acids is 1. The molecule has 2 fully saturated rings. The molecule has 3 rings (SSSR count). The van der Waals surface area contributed by atoms with Crippen LogP contribution in [0.4, 0.5) is 0 Å². The molecule has 0 saturated carbocycles. The van der Waals surface area contributed by atoms with Gasteiger partial charge >= 0.3 is 0 Å². The number of morpholine rings is 1. The minimum absolute atomic E-state index is 0.0932. The molecule has 0 aromatic heterocycles. The molecular formula is C20H29IN2O3. The minimum atomic E-state index is 0.0932. The number of nitrogens with zero attached hydrogens (tertiary/aromatic N) is 2. The Morgan fingerprint density at radius 2 is 1.77 bits per heavy atom. The summed E-state index contributed by atoms with van der Waals surface area (Å²) in [5.41, 5.74) is 0. The molecule has 2 atom stereocenters. The molecule has 2 aliphatic rings. The highest BCUT2D eigenvalue weighted by Gasteiger charge is 2.28. The molecule has 144 valence electrons. The van der Waals surface area contributed by atoms with Crippen molar-refractivity contribution < 1.29 is 14.3 Å². The highest BCUT2D eigenvalue weighted by molar-refractivity contribution is 14.1. The molecule has 1 amide bonds. The van der Waals surface area contributed by atoms with Gasteiger partial charge in [0.2, 0.25) is 0 Å². The summed E-state index contributed by atoms with van der Waals surface area (Å²) < 4.78 is 12.6. The summed E-state index contributed by atoms with van der Waals surface area (Å²) in [5, 5.41) is 0. The summed E-state index contributed by atoms with van der Waals surface area (Å²) >= 11 is 2.26. The second kappa shape index (κ2) is 9.37. The SMILES string of the molecule is CC1CN(CC2CCN(C(=O)COc3ccc(I)cc3)CC2)CC(C)O1. The second-order valence-corrected chi connectivity index (χ2v) is 8.79. The van der Waals surface area contributed by atoms with Crippen LogP contribution in [0.1, 0.15) is 26.7 Å². The van der Waals surface area contributed by atoms with Gasteiger partial charge in [0.15, 0.2) is 6.61 Å². The Kier molecular flexibility index (Phi) is 7.17. The standard InChI is InChI=1S/C20H29IN2O3/c1-15-11-22(12-16(2)26-15)13-17-7-9-23(10-8-17)20(24)14-25-19-5-3-18(21)4-6-19/h3-6,15-17H,7-14H2,1-2H3. The minimum Gasteiger partial charge on any atom is -0.484 e. The van der Waals surface area contributed by atoms with Crippen molar-refractivity contribution in [3.05, 3.63) is 27.8 Å². The number of carbonyl (C=O) groups is 1. The van der Waals surface area contributed by atoms with Crippen LogP contribution in [0.15, 0.2) is 24.3 Å². The fraction of sp³-hybridized carbons (Fsp3) is 0.650. The van der Waals surface area contributed by atoms with Crippen molar-refractivity contribution in [3.8, 4) is 5.75 Å². The van der Waals surface area contributed by atoms with Crippen molar-refractivity contribution in [1.82, 2.24) is 9.80 Å². The zero-order valence-corrected chi connectivity index (χ0v) is 17.9. The predicted molar refractivity (Wildman–Crippen MR) is 110 cm³/mol. The lowest BCUT2D eigenvalue weighted by Crippen LogP contribution is -2.49. The molecule has 0 N–H and O–H groups in total. The largest absolute Gasteiger partial charge is 0.484 e. The first-order valence-corrected chi connectivity index (χ1v) is 10.6. The number of halogens is 1. The van der Waals surface area contributed by atoms with E-state index in [1.165, 1.54) is 0 Å². The number of likely N-dealkylation sites (tertiary alicyclic amines) is 1. The topological polar surface area (TPSA) is 42.0 Å². The summed E-state index contributed by atoms with van der Waals surface area (Å²) in [6.45, 7) is 9.28. The molecule has 1 aromatic rings. The van der Waals surface area contributed by atoms with Gasteiger partial charge in [-0.05, 0) is 79.5 Å². The van der Waals surface area contributed by atoms with Gasteiger partial charge in [0.05, 0.1) is 12.2 Å². The fourth-order valence-electron chi connectivity index (χ4n) is 3.93. The first kappa shape index (κ1) is 19.9. The third-order valence-electron chi connectivity index (χ3n) is 5.15. The van der Waals surface area contributed by atoms with Gasteiger partial charge in [-0.1, -0.05) is 0 Å². The number of amides is 1.